The van der Waals surface area contributed by atoms with Crippen LogP contribution >= 0.6 is 0 Å². The van der Waals surface area contributed by atoms with E-state index in [1.807, 2.05) is 13.8 Å². The molecule has 1 aliphatic heterocycles. The fourth-order valence-electron chi connectivity index (χ4n) is 1.71. The van der Waals surface area contributed by atoms with Crippen LogP contribution < -0.4 is 10.6 Å². The highest BCUT2D eigenvalue weighted by atomic mass is 15.0. The summed E-state index contributed by atoms with van der Waals surface area (Å²) in [6, 6.07) is 0.795. The van der Waals surface area contributed by atoms with Crippen molar-refractivity contribution in [2.45, 2.75) is 58.9 Å². The number of unbranched alkanes of at least 4 members (excludes halogenated alkanes) is 2. The standard InChI is InChI=1S/C10H22N2.C2H6/c1-2-3-4-7-12-10-5-8-11-9-6-10;1-2/h10-12H,2-9H2,1H3;1-2H3. The molecule has 1 fully saturated rings. The molecule has 0 bridgehead atoms. The highest BCUT2D eigenvalue weighted by Crippen LogP contribution is 2.02. The van der Waals surface area contributed by atoms with Crippen LogP contribution in [0.3, 0.4) is 0 Å². The molecule has 86 valence electrons. The van der Waals surface area contributed by atoms with E-state index in [0.717, 1.165) is 6.04 Å². The average molecular weight is 200 g/mol. The summed E-state index contributed by atoms with van der Waals surface area (Å²) in [5, 5.41) is 6.99. The van der Waals surface area contributed by atoms with E-state index in [9.17, 15) is 0 Å². The Morgan fingerprint density at radius 2 is 1.79 bits per heavy atom. The normalized spacial score (nSPS) is 17.4. The molecule has 0 unspecified atom stereocenters. The van der Waals surface area contributed by atoms with Gasteiger partial charge < -0.3 is 10.6 Å². The van der Waals surface area contributed by atoms with Gasteiger partial charge in [0.2, 0.25) is 0 Å². The van der Waals surface area contributed by atoms with E-state index in [0.29, 0.717) is 0 Å². The SMILES string of the molecule is CC.CCCCCNC1CCNCC1. The second-order valence-corrected chi connectivity index (χ2v) is 3.69. The average Bonchev–Trinajstić information content (AvgIpc) is 2.29. The molecule has 0 saturated carbocycles. The molecule has 0 aromatic rings. The number of hydrogen-bond donors (Lipinski definition) is 2. The minimum atomic E-state index is 0.795. The quantitative estimate of drug-likeness (QED) is 0.666. The third-order valence-corrected chi connectivity index (χ3v) is 2.55. The van der Waals surface area contributed by atoms with Crippen molar-refractivity contribution in [2.75, 3.05) is 19.6 Å². The van der Waals surface area contributed by atoms with E-state index >= 15 is 0 Å². The van der Waals surface area contributed by atoms with Crippen molar-refractivity contribution in [2.24, 2.45) is 0 Å². The lowest BCUT2D eigenvalue weighted by atomic mass is 10.1. The van der Waals surface area contributed by atoms with Crippen molar-refractivity contribution in [1.29, 1.82) is 0 Å². The molecular formula is C12H28N2. The lowest BCUT2D eigenvalue weighted by Crippen LogP contribution is -2.40. The maximum Gasteiger partial charge on any atom is 0.00912 e. The third-order valence-electron chi connectivity index (χ3n) is 2.55. The first-order valence-electron chi connectivity index (χ1n) is 6.37. The van der Waals surface area contributed by atoms with E-state index in [1.165, 1.54) is 51.7 Å². The third kappa shape index (κ3) is 7.34. The molecule has 0 amide bonds. The van der Waals surface area contributed by atoms with Gasteiger partial charge in [-0.05, 0) is 38.9 Å². The predicted octanol–water partition coefficient (Wildman–Crippen LogP) is 2.54. The van der Waals surface area contributed by atoms with Gasteiger partial charge in [0.05, 0.1) is 0 Å². The van der Waals surface area contributed by atoms with Crippen LogP contribution in [0, 0.1) is 0 Å². The molecule has 2 nitrogen and oxygen atoms in total. The van der Waals surface area contributed by atoms with Crippen LogP contribution in [0.5, 0.6) is 0 Å². The first kappa shape index (κ1) is 13.9. The van der Waals surface area contributed by atoms with Crippen LogP contribution in [0.25, 0.3) is 0 Å². The summed E-state index contributed by atoms with van der Waals surface area (Å²) in [6.45, 7) is 9.87. The van der Waals surface area contributed by atoms with Gasteiger partial charge in [0.15, 0.2) is 0 Å². The van der Waals surface area contributed by atoms with Crippen LogP contribution in [-0.2, 0) is 0 Å². The Morgan fingerprint density at radius 3 is 2.36 bits per heavy atom. The van der Waals surface area contributed by atoms with Gasteiger partial charge in [0.1, 0.15) is 0 Å². The minimum absolute atomic E-state index is 0.795. The molecule has 1 rings (SSSR count). The summed E-state index contributed by atoms with van der Waals surface area (Å²) in [5.41, 5.74) is 0. The minimum Gasteiger partial charge on any atom is -0.317 e. The molecule has 0 aliphatic carbocycles. The second kappa shape index (κ2) is 11.0. The zero-order valence-corrected chi connectivity index (χ0v) is 10.2. The lowest BCUT2D eigenvalue weighted by molar-refractivity contribution is 0.384. The fourth-order valence-corrected chi connectivity index (χ4v) is 1.71. The van der Waals surface area contributed by atoms with Crippen LogP contribution in [0.2, 0.25) is 0 Å². The molecule has 2 N–H and O–H groups in total. The van der Waals surface area contributed by atoms with Gasteiger partial charge in [0.25, 0.3) is 0 Å². The first-order chi connectivity index (χ1) is 6.93. The predicted molar refractivity (Wildman–Crippen MR) is 64.8 cm³/mol. The largest absolute Gasteiger partial charge is 0.317 e. The molecule has 1 aliphatic rings. The second-order valence-electron chi connectivity index (χ2n) is 3.69. The lowest BCUT2D eigenvalue weighted by Gasteiger charge is -2.23. The molecule has 0 atom stereocenters. The van der Waals surface area contributed by atoms with Crippen LogP contribution in [0.4, 0.5) is 0 Å². The van der Waals surface area contributed by atoms with Gasteiger partial charge in [-0.2, -0.15) is 0 Å². The Labute approximate surface area is 89.9 Å². The van der Waals surface area contributed by atoms with Crippen molar-refractivity contribution >= 4 is 0 Å². The summed E-state index contributed by atoms with van der Waals surface area (Å²) in [6.07, 6.45) is 6.67. The molecule has 2 heteroatoms. The van der Waals surface area contributed by atoms with Crippen molar-refractivity contribution in [1.82, 2.24) is 10.6 Å². The van der Waals surface area contributed by atoms with Crippen molar-refractivity contribution in [3.05, 3.63) is 0 Å². The molecule has 1 saturated heterocycles. The van der Waals surface area contributed by atoms with E-state index in [4.69, 9.17) is 0 Å². The molecule has 0 radical (unpaired) electrons. The highest BCUT2D eigenvalue weighted by molar-refractivity contribution is 4.73. The number of nitrogens with one attached hydrogen (secondary N) is 2. The van der Waals surface area contributed by atoms with E-state index in [-0.39, 0.29) is 0 Å². The van der Waals surface area contributed by atoms with Crippen LogP contribution in [-0.4, -0.2) is 25.7 Å². The summed E-state index contributed by atoms with van der Waals surface area (Å²) in [7, 11) is 0. The summed E-state index contributed by atoms with van der Waals surface area (Å²) in [5.74, 6) is 0. The molecule has 0 aromatic heterocycles. The van der Waals surface area contributed by atoms with Gasteiger partial charge in [-0.25, -0.2) is 0 Å². The molecule has 0 aromatic carbocycles. The Balaban J connectivity index is 0.000000791. The summed E-state index contributed by atoms with van der Waals surface area (Å²) >= 11 is 0. The highest BCUT2D eigenvalue weighted by Gasteiger charge is 2.10. The zero-order valence-electron chi connectivity index (χ0n) is 10.2. The molecular weight excluding hydrogens is 172 g/mol. The zero-order chi connectivity index (χ0) is 10.6. The van der Waals surface area contributed by atoms with Crippen LogP contribution in [0.1, 0.15) is 52.9 Å². The van der Waals surface area contributed by atoms with Gasteiger partial charge in [0, 0.05) is 6.04 Å². The first-order valence-corrected chi connectivity index (χ1v) is 6.37. The van der Waals surface area contributed by atoms with Crippen molar-refractivity contribution < 1.29 is 0 Å². The molecule has 14 heavy (non-hydrogen) atoms. The number of hydrogen-bond acceptors (Lipinski definition) is 2. The fraction of sp³-hybridized carbons (Fsp3) is 1.00. The Morgan fingerprint density at radius 1 is 1.14 bits per heavy atom. The number of rotatable bonds is 5. The van der Waals surface area contributed by atoms with E-state index in [1.54, 1.807) is 0 Å². The molecule has 1 heterocycles. The monoisotopic (exact) mass is 200 g/mol. The van der Waals surface area contributed by atoms with Crippen molar-refractivity contribution in [3.8, 4) is 0 Å². The molecule has 0 spiro atoms. The van der Waals surface area contributed by atoms with Crippen molar-refractivity contribution in [3.63, 3.8) is 0 Å². The maximum absolute atomic E-state index is 3.62. The van der Waals surface area contributed by atoms with E-state index in [2.05, 4.69) is 17.6 Å². The smallest absolute Gasteiger partial charge is 0.00912 e. The summed E-state index contributed by atoms with van der Waals surface area (Å²) < 4.78 is 0. The van der Waals surface area contributed by atoms with Gasteiger partial charge in [-0.15, -0.1) is 0 Å². The number of piperidine rings is 1. The Bertz CT molecular complexity index is 98.5. The van der Waals surface area contributed by atoms with Gasteiger partial charge >= 0.3 is 0 Å². The van der Waals surface area contributed by atoms with Gasteiger partial charge in [-0.3, -0.25) is 0 Å². The Kier molecular flexibility index (Phi) is 10.9. The Hall–Kier alpha value is -0.0800. The topological polar surface area (TPSA) is 24.1 Å². The van der Waals surface area contributed by atoms with Gasteiger partial charge in [-0.1, -0.05) is 33.6 Å². The summed E-state index contributed by atoms with van der Waals surface area (Å²) in [4.78, 5) is 0. The van der Waals surface area contributed by atoms with E-state index < -0.39 is 0 Å². The van der Waals surface area contributed by atoms with Crippen LogP contribution in [0.15, 0.2) is 0 Å². The maximum atomic E-state index is 3.62.